The minimum Gasteiger partial charge on any atom is -0.324 e. The Kier molecular flexibility index (Phi) is 4.14. The van der Waals surface area contributed by atoms with Crippen molar-refractivity contribution in [2.45, 2.75) is 11.8 Å². The molecule has 0 aromatic heterocycles. The minimum absolute atomic E-state index is 0.171. The molecule has 0 aliphatic carbocycles. The molecule has 78 valence electrons. The average molecular weight is 235 g/mol. The lowest BCUT2D eigenvalue weighted by atomic mass is 10.1. The zero-order chi connectivity index (χ0) is 10.6. The summed E-state index contributed by atoms with van der Waals surface area (Å²) >= 11 is 5.97. The molecule has 0 radical (unpaired) electrons. The van der Waals surface area contributed by atoms with Crippen LogP contribution in [-0.4, -0.2) is 15.9 Å². The van der Waals surface area contributed by atoms with Crippen LogP contribution in [0.2, 0.25) is 0 Å². The summed E-state index contributed by atoms with van der Waals surface area (Å²) in [5, 5.41) is -0.330. The first-order valence-corrected chi connectivity index (χ1v) is 6.46. The standard InChI is InChI=1S/C9H12ClO3P/c10-9(6-7-14(11,12)13)8-4-2-1-3-5-8/h1-5,9H,6-7H2,(H2,11,12,13). The number of hydrogen-bond donors (Lipinski definition) is 2. The summed E-state index contributed by atoms with van der Waals surface area (Å²) in [5.41, 5.74) is 0.891. The van der Waals surface area contributed by atoms with Crippen LogP contribution in [-0.2, 0) is 4.57 Å². The first-order chi connectivity index (χ1) is 6.49. The maximum Gasteiger partial charge on any atom is 0.325 e. The van der Waals surface area contributed by atoms with Gasteiger partial charge < -0.3 is 9.79 Å². The molecule has 0 saturated heterocycles. The Labute approximate surface area is 87.9 Å². The van der Waals surface area contributed by atoms with Crippen LogP contribution in [0.4, 0.5) is 0 Å². The third-order valence-electron chi connectivity index (χ3n) is 1.84. The predicted molar refractivity (Wildman–Crippen MR) is 56.6 cm³/mol. The number of hydrogen-bond acceptors (Lipinski definition) is 1. The van der Waals surface area contributed by atoms with Gasteiger partial charge in [-0.15, -0.1) is 11.6 Å². The highest BCUT2D eigenvalue weighted by Crippen LogP contribution is 2.38. The van der Waals surface area contributed by atoms with E-state index < -0.39 is 7.60 Å². The zero-order valence-corrected chi connectivity index (χ0v) is 9.16. The van der Waals surface area contributed by atoms with Crippen molar-refractivity contribution in [3.8, 4) is 0 Å². The van der Waals surface area contributed by atoms with Gasteiger partial charge in [0.25, 0.3) is 0 Å². The van der Waals surface area contributed by atoms with Crippen LogP contribution in [0.15, 0.2) is 30.3 Å². The topological polar surface area (TPSA) is 57.5 Å². The second-order valence-electron chi connectivity index (χ2n) is 3.06. The lowest BCUT2D eigenvalue weighted by molar-refractivity contribution is 0.371. The van der Waals surface area contributed by atoms with E-state index in [0.29, 0.717) is 0 Å². The fraction of sp³-hybridized carbons (Fsp3) is 0.333. The first kappa shape index (κ1) is 11.7. The third-order valence-corrected chi connectivity index (χ3v) is 3.15. The van der Waals surface area contributed by atoms with Crippen LogP contribution < -0.4 is 0 Å². The third kappa shape index (κ3) is 4.25. The van der Waals surface area contributed by atoms with Crippen molar-refractivity contribution in [1.82, 2.24) is 0 Å². The molecule has 2 N–H and O–H groups in total. The minimum atomic E-state index is -3.92. The van der Waals surface area contributed by atoms with Gasteiger partial charge in [0.05, 0.1) is 11.5 Å². The van der Waals surface area contributed by atoms with E-state index in [2.05, 4.69) is 0 Å². The van der Waals surface area contributed by atoms with Gasteiger partial charge in [-0.3, -0.25) is 4.57 Å². The van der Waals surface area contributed by atoms with E-state index in [4.69, 9.17) is 21.4 Å². The van der Waals surface area contributed by atoms with Crippen molar-refractivity contribution in [2.24, 2.45) is 0 Å². The Hall–Kier alpha value is -0.340. The monoisotopic (exact) mass is 234 g/mol. The summed E-state index contributed by atoms with van der Waals surface area (Å²) < 4.78 is 10.6. The lowest BCUT2D eigenvalue weighted by Gasteiger charge is -2.09. The van der Waals surface area contributed by atoms with Gasteiger partial charge in [0.1, 0.15) is 0 Å². The molecular formula is C9H12ClO3P. The predicted octanol–water partition coefficient (Wildman–Crippen LogP) is 2.53. The highest BCUT2D eigenvalue weighted by Gasteiger charge is 2.16. The van der Waals surface area contributed by atoms with Crippen molar-refractivity contribution < 1.29 is 14.4 Å². The largest absolute Gasteiger partial charge is 0.325 e. The summed E-state index contributed by atoms with van der Waals surface area (Å²) in [6, 6.07) is 9.26. The molecule has 1 atom stereocenters. The maximum atomic E-state index is 10.6. The second-order valence-corrected chi connectivity index (χ2v) is 5.36. The molecule has 0 aliphatic rings. The van der Waals surface area contributed by atoms with E-state index in [1.807, 2.05) is 30.3 Å². The number of rotatable bonds is 4. The molecule has 0 amide bonds. The smallest absolute Gasteiger partial charge is 0.324 e. The first-order valence-electron chi connectivity index (χ1n) is 4.22. The molecule has 3 nitrogen and oxygen atoms in total. The molecule has 0 aliphatic heterocycles. The Morgan fingerprint density at radius 2 is 1.86 bits per heavy atom. The molecule has 0 bridgehead atoms. The van der Waals surface area contributed by atoms with Crippen molar-refractivity contribution >= 4 is 19.2 Å². The summed E-state index contributed by atoms with van der Waals surface area (Å²) in [4.78, 5) is 17.3. The Balaban J connectivity index is 2.52. The van der Waals surface area contributed by atoms with Gasteiger partial charge >= 0.3 is 7.60 Å². The van der Waals surface area contributed by atoms with Gasteiger partial charge in [-0.25, -0.2) is 0 Å². The molecule has 14 heavy (non-hydrogen) atoms. The van der Waals surface area contributed by atoms with E-state index >= 15 is 0 Å². The molecule has 0 heterocycles. The summed E-state index contributed by atoms with van der Waals surface area (Å²) in [6.07, 6.45) is 0.117. The summed E-state index contributed by atoms with van der Waals surface area (Å²) in [5.74, 6) is 0. The van der Waals surface area contributed by atoms with Crippen LogP contribution in [0.5, 0.6) is 0 Å². The molecular weight excluding hydrogens is 223 g/mol. The van der Waals surface area contributed by atoms with Gasteiger partial charge in [-0.05, 0) is 12.0 Å². The average Bonchev–Trinajstić information content (AvgIpc) is 2.14. The molecule has 0 spiro atoms. The molecule has 0 saturated carbocycles. The van der Waals surface area contributed by atoms with Crippen LogP contribution in [0, 0.1) is 0 Å². The van der Waals surface area contributed by atoms with E-state index in [1.54, 1.807) is 0 Å². The normalized spacial score (nSPS) is 13.9. The van der Waals surface area contributed by atoms with Gasteiger partial charge in [-0.2, -0.15) is 0 Å². The maximum absolute atomic E-state index is 10.6. The van der Waals surface area contributed by atoms with Gasteiger partial charge in [-0.1, -0.05) is 30.3 Å². The summed E-state index contributed by atoms with van der Waals surface area (Å²) in [7, 11) is -3.92. The zero-order valence-electron chi connectivity index (χ0n) is 7.51. The van der Waals surface area contributed by atoms with Gasteiger partial charge in [0.15, 0.2) is 0 Å². The molecule has 0 fully saturated rings. The quantitative estimate of drug-likeness (QED) is 0.622. The lowest BCUT2D eigenvalue weighted by Crippen LogP contribution is -1.95. The SMILES string of the molecule is O=P(O)(O)CCC(Cl)c1ccccc1. The van der Waals surface area contributed by atoms with E-state index in [0.717, 1.165) is 5.56 Å². The van der Waals surface area contributed by atoms with Crippen molar-refractivity contribution in [3.05, 3.63) is 35.9 Å². The Morgan fingerprint density at radius 3 is 2.36 bits per heavy atom. The molecule has 1 rings (SSSR count). The Bertz CT molecular complexity index is 322. The van der Waals surface area contributed by atoms with Crippen LogP contribution in [0.1, 0.15) is 17.4 Å². The number of halogens is 1. The van der Waals surface area contributed by atoms with Crippen LogP contribution in [0.3, 0.4) is 0 Å². The fourth-order valence-corrected chi connectivity index (χ4v) is 2.11. The Morgan fingerprint density at radius 1 is 1.29 bits per heavy atom. The van der Waals surface area contributed by atoms with Crippen LogP contribution in [0.25, 0.3) is 0 Å². The van der Waals surface area contributed by atoms with Crippen LogP contribution >= 0.6 is 19.2 Å². The van der Waals surface area contributed by atoms with Gasteiger partial charge in [0.2, 0.25) is 0 Å². The fourth-order valence-electron chi connectivity index (χ4n) is 1.11. The van der Waals surface area contributed by atoms with Crippen molar-refractivity contribution in [3.63, 3.8) is 0 Å². The van der Waals surface area contributed by atoms with E-state index in [9.17, 15) is 4.57 Å². The van der Waals surface area contributed by atoms with Crippen molar-refractivity contribution in [1.29, 1.82) is 0 Å². The number of benzene rings is 1. The van der Waals surface area contributed by atoms with Gasteiger partial charge in [0, 0.05) is 0 Å². The highest BCUT2D eigenvalue weighted by molar-refractivity contribution is 7.51. The molecule has 1 unspecified atom stereocenters. The molecule has 5 heteroatoms. The van der Waals surface area contributed by atoms with E-state index in [1.165, 1.54) is 0 Å². The number of alkyl halides is 1. The molecule has 1 aromatic carbocycles. The second kappa shape index (κ2) is 4.94. The highest BCUT2D eigenvalue weighted by atomic mass is 35.5. The summed E-state index contributed by atoms with van der Waals surface area (Å²) in [6.45, 7) is 0. The molecule has 1 aromatic rings. The van der Waals surface area contributed by atoms with E-state index in [-0.39, 0.29) is 18.0 Å². The van der Waals surface area contributed by atoms with Crippen molar-refractivity contribution in [2.75, 3.05) is 6.16 Å².